The lowest BCUT2D eigenvalue weighted by Gasteiger charge is -2.20. The number of aliphatic hydroxyl groups is 2. The van der Waals surface area contributed by atoms with Crippen LogP contribution in [0.1, 0.15) is 354 Å². The van der Waals surface area contributed by atoms with Gasteiger partial charge in [-0.3, -0.25) is 9.59 Å². The van der Waals surface area contributed by atoms with Gasteiger partial charge >= 0.3 is 5.97 Å². The predicted octanol–water partition coefficient (Wildman–Crippen LogP) is 19.6. The van der Waals surface area contributed by atoms with Gasteiger partial charge in [0, 0.05) is 12.8 Å². The van der Waals surface area contributed by atoms with Crippen molar-refractivity contribution >= 4 is 11.9 Å². The van der Waals surface area contributed by atoms with Crippen LogP contribution in [-0.4, -0.2) is 47.4 Å². The zero-order chi connectivity index (χ0) is 50.0. The highest BCUT2D eigenvalue weighted by Crippen LogP contribution is 2.18. The Hall–Kier alpha value is -1.40. The number of unbranched alkanes of at least 4 members (excludes halogenated alkanes) is 48. The molecule has 0 rings (SSSR count). The van der Waals surface area contributed by atoms with E-state index in [9.17, 15) is 19.8 Å². The number of allylic oxidation sites excluding steroid dienone is 1. The van der Waals surface area contributed by atoms with Crippen LogP contribution >= 0.6 is 0 Å². The Labute approximate surface area is 431 Å². The molecule has 2 unspecified atom stereocenters. The van der Waals surface area contributed by atoms with Crippen molar-refractivity contribution in [1.82, 2.24) is 5.32 Å². The minimum Gasteiger partial charge on any atom is -0.466 e. The molecule has 1 amide bonds. The van der Waals surface area contributed by atoms with Gasteiger partial charge in [-0.05, 0) is 32.1 Å². The van der Waals surface area contributed by atoms with Crippen molar-refractivity contribution < 1.29 is 24.5 Å². The molecule has 0 fully saturated rings. The quantitative estimate of drug-likeness (QED) is 0.0321. The van der Waals surface area contributed by atoms with Gasteiger partial charge in [0.25, 0.3) is 0 Å². The van der Waals surface area contributed by atoms with Crippen LogP contribution in [-0.2, 0) is 14.3 Å². The summed E-state index contributed by atoms with van der Waals surface area (Å²) in [4.78, 5) is 24.5. The molecular weight excluding hydrogens is 851 g/mol. The lowest BCUT2D eigenvalue weighted by atomic mass is 10.0. The highest BCUT2D eigenvalue weighted by molar-refractivity contribution is 5.76. The molecule has 0 aliphatic rings. The van der Waals surface area contributed by atoms with Crippen molar-refractivity contribution in [2.45, 2.75) is 366 Å². The second kappa shape index (κ2) is 59.2. The van der Waals surface area contributed by atoms with Crippen LogP contribution in [0.25, 0.3) is 0 Å². The van der Waals surface area contributed by atoms with Gasteiger partial charge in [-0.15, -0.1) is 0 Å². The number of esters is 1. The molecule has 0 aromatic rings. The lowest BCUT2D eigenvalue weighted by molar-refractivity contribution is -0.143. The van der Waals surface area contributed by atoms with E-state index < -0.39 is 12.1 Å². The first kappa shape index (κ1) is 67.6. The van der Waals surface area contributed by atoms with Crippen LogP contribution in [0.3, 0.4) is 0 Å². The molecule has 0 aromatic carbocycles. The van der Waals surface area contributed by atoms with Crippen LogP contribution in [0, 0.1) is 0 Å². The van der Waals surface area contributed by atoms with E-state index in [2.05, 4.69) is 19.2 Å². The zero-order valence-corrected chi connectivity index (χ0v) is 46.8. The van der Waals surface area contributed by atoms with Gasteiger partial charge in [0.05, 0.1) is 25.4 Å². The molecule has 0 spiro atoms. The van der Waals surface area contributed by atoms with Gasteiger partial charge in [-0.2, -0.15) is 0 Å². The third kappa shape index (κ3) is 55.8. The van der Waals surface area contributed by atoms with Crippen LogP contribution in [0.5, 0.6) is 0 Å². The van der Waals surface area contributed by atoms with E-state index in [1.165, 1.54) is 289 Å². The number of hydrogen-bond acceptors (Lipinski definition) is 5. The Bertz CT molecular complexity index is 1030. The van der Waals surface area contributed by atoms with Crippen LogP contribution in [0.4, 0.5) is 0 Å². The molecular formula is C63H123NO5. The highest BCUT2D eigenvalue weighted by Gasteiger charge is 2.18. The smallest absolute Gasteiger partial charge is 0.305 e. The predicted molar refractivity (Wildman–Crippen MR) is 301 cm³/mol. The van der Waals surface area contributed by atoms with Crippen molar-refractivity contribution in [2.24, 2.45) is 0 Å². The number of nitrogens with one attached hydrogen (secondary N) is 1. The summed E-state index contributed by atoms with van der Waals surface area (Å²) in [5.74, 6) is -0.0492. The average molecular weight is 975 g/mol. The largest absolute Gasteiger partial charge is 0.466 e. The second-order valence-electron chi connectivity index (χ2n) is 21.8. The molecule has 0 saturated carbocycles. The summed E-state index contributed by atoms with van der Waals surface area (Å²) in [6.07, 6.45) is 71.1. The van der Waals surface area contributed by atoms with Crippen LogP contribution in [0.15, 0.2) is 12.2 Å². The number of hydrogen-bond donors (Lipinski definition) is 3. The monoisotopic (exact) mass is 974 g/mol. The number of carbonyl (C=O) groups excluding carboxylic acids is 2. The molecule has 0 aromatic heterocycles. The third-order valence-electron chi connectivity index (χ3n) is 14.8. The maximum absolute atomic E-state index is 12.5. The maximum Gasteiger partial charge on any atom is 0.305 e. The van der Waals surface area contributed by atoms with Gasteiger partial charge in [0.1, 0.15) is 0 Å². The second-order valence-corrected chi connectivity index (χ2v) is 21.8. The van der Waals surface area contributed by atoms with Crippen molar-refractivity contribution in [3.05, 3.63) is 12.2 Å². The Morgan fingerprint density at radius 1 is 0.391 bits per heavy atom. The molecule has 2 atom stereocenters. The molecule has 0 aliphatic heterocycles. The Morgan fingerprint density at radius 3 is 0.986 bits per heavy atom. The van der Waals surface area contributed by atoms with Gasteiger partial charge in [-0.1, -0.05) is 321 Å². The molecule has 6 heteroatoms. The maximum atomic E-state index is 12.5. The van der Waals surface area contributed by atoms with Crippen molar-refractivity contribution in [3.8, 4) is 0 Å². The van der Waals surface area contributed by atoms with E-state index in [1.807, 2.05) is 6.08 Å². The van der Waals surface area contributed by atoms with Gasteiger partial charge < -0.3 is 20.3 Å². The summed E-state index contributed by atoms with van der Waals surface area (Å²) in [5, 5.41) is 23.2. The SMILES string of the molecule is CCCCCCCCCCCCCCCCC/C=C/C(O)C(CO)NC(=O)CCCCCCCCCCCCCCCCCCCCCCCCCOC(=O)CCCCCCCCCCCCCC. The zero-order valence-electron chi connectivity index (χ0n) is 46.8. The van der Waals surface area contributed by atoms with Crippen molar-refractivity contribution in [1.29, 1.82) is 0 Å². The molecule has 0 aliphatic carbocycles. The van der Waals surface area contributed by atoms with Gasteiger partial charge in [0.2, 0.25) is 5.91 Å². The standard InChI is InChI=1S/C63H123NO5/c1-3-5-7-9-11-13-15-17-18-26-29-32-35-39-43-47-51-55-61(66)60(59-65)64-62(67)56-52-48-44-40-36-33-30-27-24-22-20-19-21-23-25-28-31-34-38-42-46-50-54-58-69-63(68)57-53-49-45-41-37-16-14-12-10-8-6-4-2/h51,55,60-61,65-66H,3-50,52-54,56-59H2,1-2H3,(H,64,67)/b55-51+. The molecule has 6 nitrogen and oxygen atoms in total. The summed E-state index contributed by atoms with van der Waals surface area (Å²) >= 11 is 0. The van der Waals surface area contributed by atoms with Crippen LogP contribution < -0.4 is 5.32 Å². The minimum atomic E-state index is -0.843. The van der Waals surface area contributed by atoms with Gasteiger partial charge in [-0.25, -0.2) is 0 Å². The van der Waals surface area contributed by atoms with E-state index in [4.69, 9.17) is 4.74 Å². The molecule has 69 heavy (non-hydrogen) atoms. The molecule has 3 N–H and O–H groups in total. The first-order chi connectivity index (χ1) is 34.0. The summed E-state index contributed by atoms with van der Waals surface area (Å²) in [5.41, 5.74) is 0. The van der Waals surface area contributed by atoms with E-state index in [1.54, 1.807) is 6.08 Å². The first-order valence-electron chi connectivity index (χ1n) is 31.5. The molecule has 0 heterocycles. The number of amides is 1. The Morgan fingerprint density at radius 2 is 0.667 bits per heavy atom. The fourth-order valence-corrected chi connectivity index (χ4v) is 9.99. The Balaban J connectivity index is 3.39. The normalized spacial score (nSPS) is 12.6. The Kier molecular flexibility index (Phi) is 58.0. The molecule has 0 bridgehead atoms. The molecule has 0 saturated heterocycles. The first-order valence-corrected chi connectivity index (χ1v) is 31.5. The fourth-order valence-electron chi connectivity index (χ4n) is 9.99. The summed E-state index contributed by atoms with van der Waals surface area (Å²) in [7, 11) is 0. The average Bonchev–Trinajstić information content (AvgIpc) is 3.35. The van der Waals surface area contributed by atoms with E-state index in [0.717, 1.165) is 38.5 Å². The topological polar surface area (TPSA) is 95.9 Å². The van der Waals surface area contributed by atoms with E-state index in [-0.39, 0.29) is 18.5 Å². The van der Waals surface area contributed by atoms with E-state index >= 15 is 0 Å². The number of ether oxygens (including phenoxy) is 1. The summed E-state index contributed by atoms with van der Waals surface area (Å²) in [6, 6.07) is -0.627. The lowest BCUT2D eigenvalue weighted by Crippen LogP contribution is -2.45. The molecule has 410 valence electrons. The highest BCUT2D eigenvalue weighted by atomic mass is 16.5. The van der Waals surface area contributed by atoms with Crippen molar-refractivity contribution in [2.75, 3.05) is 13.2 Å². The third-order valence-corrected chi connectivity index (χ3v) is 14.8. The number of carbonyl (C=O) groups is 2. The summed E-state index contributed by atoms with van der Waals surface area (Å²) < 4.78 is 5.48. The van der Waals surface area contributed by atoms with Crippen LogP contribution in [0.2, 0.25) is 0 Å². The summed E-state index contributed by atoms with van der Waals surface area (Å²) in [6.45, 7) is 4.93. The fraction of sp³-hybridized carbons (Fsp3) is 0.937. The van der Waals surface area contributed by atoms with Gasteiger partial charge in [0.15, 0.2) is 0 Å². The van der Waals surface area contributed by atoms with E-state index in [0.29, 0.717) is 19.4 Å². The van der Waals surface area contributed by atoms with Crippen molar-refractivity contribution in [3.63, 3.8) is 0 Å². The number of rotatable bonds is 59. The minimum absolute atomic E-state index is 0.0152. The number of aliphatic hydroxyl groups excluding tert-OH is 2. The molecule has 0 radical (unpaired) electrons.